The zero-order valence-corrected chi connectivity index (χ0v) is 40.2. The highest BCUT2D eigenvalue weighted by Gasteiger charge is 2.47. The number of unbranched alkanes of at least 4 members (excludes halogenated alkanes) is 12. The van der Waals surface area contributed by atoms with Crippen LogP contribution in [0, 0.1) is 0 Å². The van der Waals surface area contributed by atoms with Crippen molar-refractivity contribution in [2.45, 2.75) is 216 Å². The van der Waals surface area contributed by atoms with Crippen LogP contribution < -0.4 is 0 Å². The monoisotopic (exact) mass is 937 g/mol. The molecular formula is C52H88O14. The van der Waals surface area contributed by atoms with Crippen molar-refractivity contribution in [2.75, 3.05) is 33.0 Å². The van der Waals surface area contributed by atoms with E-state index in [1.165, 1.54) is 25.7 Å². The van der Waals surface area contributed by atoms with Crippen molar-refractivity contribution < 1.29 is 69.0 Å². The minimum absolute atomic E-state index is 0.0516. The lowest BCUT2D eigenvalue weighted by Gasteiger charge is -2.42. The van der Waals surface area contributed by atoms with E-state index in [4.69, 9.17) is 28.4 Å². The fraction of sp³-hybridized carbons (Fsp3) is 0.750. The molecule has 0 aliphatic carbocycles. The molecule has 0 amide bonds. The van der Waals surface area contributed by atoms with Gasteiger partial charge in [0.1, 0.15) is 54.9 Å². The maximum Gasteiger partial charge on any atom is 0.306 e. The molecule has 14 nitrogen and oxygen atoms in total. The highest BCUT2D eigenvalue weighted by molar-refractivity contribution is 5.69. The minimum Gasteiger partial charge on any atom is -0.457 e. The number of hydrogen-bond donors (Lipinski definition) is 7. The third-order valence-electron chi connectivity index (χ3n) is 11.5. The predicted octanol–water partition coefficient (Wildman–Crippen LogP) is 7.12. The van der Waals surface area contributed by atoms with E-state index in [-0.39, 0.29) is 19.6 Å². The molecule has 11 unspecified atom stereocenters. The minimum atomic E-state index is -1.71. The van der Waals surface area contributed by atoms with Crippen LogP contribution in [0.4, 0.5) is 0 Å². The van der Waals surface area contributed by atoms with Gasteiger partial charge in [-0.2, -0.15) is 0 Å². The fourth-order valence-electron chi connectivity index (χ4n) is 7.40. The second kappa shape index (κ2) is 39.3. The number of hydrogen-bond acceptors (Lipinski definition) is 14. The van der Waals surface area contributed by atoms with E-state index in [1.807, 2.05) is 0 Å². The topological polar surface area (TPSA) is 214 Å². The number of carbonyl (C=O) groups is 1. The Bertz CT molecular complexity index is 1360. The Morgan fingerprint density at radius 3 is 1.55 bits per heavy atom. The lowest BCUT2D eigenvalue weighted by atomic mass is 9.98. The van der Waals surface area contributed by atoms with Gasteiger partial charge in [0, 0.05) is 13.0 Å². The van der Waals surface area contributed by atoms with Crippen molar-refractivity contribution in [2.24, 2.45) is 0 Å². The van der Waals surface area contributed by atoms with Gasteiger partial charge in [0.2, 0.25) is 0 Å². The second-order valence-corrected chi connectivity index (χ2v) is 17.3. The van der Waals surface area contributed by atoms with Gasteiger partial charge < -0.3 is 64.2 Å². The van der Waals surface area contributed by atoms with Crippen LogP contribution in [-0.4, -0.2) is 142 Å². The number of ether oxygens (including phenoxy) is 6. The maximum absolute atomic E-state index is 13.0. The van der Waals surface area contributed by atoms with Crippen molar-refractivity contribution >= 4 is 5.97 Å². The zero-order chi connectivity index (χ0) is 48.0. The number of aliphatic hydroxyl groups excluding tert-OH is 7. The molecule has 380 valence electrons. The van der Waals surface area contributed by atoms with Crippen LogP contribution >= 0.6 is 0 Å². The molecule has 2 aliphatic heterocycles. The number of carbonyl (C=O) groups excluding carboxylic acids is 1. The molecule has 66 heavy (non-hydrogen) atoms. The van der Waals surface area contributed by atoms with Crippen molar-refractivity contribution in [3.05, 3.63) is 72.9 Å². The highest BCUT2D eigenvalue weighted by atomic mass is 16.7. The molecule has 14 heteroatoms. The Morgan fingerprint density at radius 2 is 0.985 bits per heavy atom. The van der Waals surface area contributed by atoms with Crippen LogP contribution in [-0.2, 0) is 33.2 Å². The van der Waals surface area contributed by atoms with Crippen molar-refractivity contribution in [3.63, 3.8) is 0 Å². The van der Waals surface area contributed by atoms with E-state index < -0.39 is 86.7 Å². The Balaban J connectivity index is 1.70. The molecular weight excluding hydrogens is 849 g/mol. The molecule has 2 fully saturated rings. The summed E-state index contributed by atoms with van der Waals surface area (Å²) in [6, 6.07) is 0. The lowest BCUT2D eigenvalue weighted by molar-refractivity contribution is -0.332. The van der Waals surface area contributed by atoms with Crippen LogP contribution in [0.15, 0.2) is 72.9 Å². The molecule has 0 aromatic carbocycles. The van der Waals surface area contributed by atoms with Gasteiger partial charge in [0.15, 0.2) is 12.6 Å². The van der Waals surface area contributed by atoms with E-state index in [2.05, 4.69) is 86.8 Å². The summed E-state index contributed by atoms with van der Waals surface area (Å²) < 4.78 is 34.1. The van der Waals surface area contributed by atoms with E-state index >= 15 is 0 Å². The quantitative estimate of drug-likeness (QED) is 0.0187. The van der Waals surface area contributed by atoms with Crippen LogP contribution in [0.1, 0.15) is 149 Å². The SMILES string of the molecule is CC/C=C\C/C=C\C/C=C\C/C=C\C/C=C\C/C=C\CCCCCCCCC(=O)OC(COCCCCCCCCC)COC1OC(COC2OC(CO)C(O)C(O)C2O)C(O)C(O)C1O. The molecule has 2 rings (SSSR count). The van der Waals surface area contributed by atoms with E-state index in [9.17, 15) is 40.5 Å². The Hall–Kier alpha value is -2.57. The molecule has 0 aromatic heterocycles. The molecule has 0 bridgehead atoms. The van der Waals surface area contributed by atoms with Gasteiger partial charge in [0.05, 0.1) is 26.4 Å². The average Bonchev–Trinajstić information content (AvgIpc) is 3.31. The third kappa shape index (κ3) is 26.8. The molecule has 0 spiro atoms. The third-order valence-corrected chi connectivity index (χ3v) is 11.5. The first kappa shape index (κ1) is 59.6. The molecule has 2 aliphatic rings. The van der Waals surface area contributed by atoms with Gasteiger partial charge in [-0.05, 0) is 64.2 Å². The summed E-state index contributed by atoms with van der Waals surface area (Å²) in [5.74, 6) is -0.396. The molecule has 2 heterocycles. The summed E-state index contributed by atoms with van der Waals surface area (Å²) in [5.41, 5.74) is 0. The number of allylic oxidation sites excluding steroid dienone is 12. The summed E-state index contributed by atoms with van der Waals surface area (Å²) in [7, 11) is 0. The molecule has 0 radical (unpaired) electrons. The summed E-state index contributed by atoms with van der Waals surface area (Å²) in [6.45, 7) is 3.49. The average molecular weight is 937 g/mol. The molecule has 7 N–H and O–H groups in total. The standard InChI is InChI=1S/C52H88O14/c1-3-5-7-9-11-12-13-14-15-16-17-18-19-20-21-22-23-24-25-26-27-28-29-31-33-35-44(54)64-41(38-61-36-34-32-30-10-8-6-4-2)39-62-51-50(60)48(58)46(56)43(66-51)40-63-52-49(59)47(57)45(55)42(37-53)65-52/h5,7,11-12,14-15,17-18,20-21,23-24,41-43,45-53,55-60H,3-4,6,8-10,13,16,19,22,25-40H2,1-2H3/b7-5-,12-11-,15-14-,18-17-,21-20-,24-23-. The van der Waals surface area contributed by atoms with Gasteiger partial charge in [-0.3, -0.25) is 4.79 Å². The van der Waals surface area contributed by atoms with E-state index in [1.54, 1.807) is 0 Å². The van der Waals surface area contributed by atoms with E-state index in [0.717, 1.165) is 96.3 Å². The normalized spacial score (nSPS) is 26.9. The van der Waals surface area contributed by atoms with Gasteiger partial charge in [-0.1, -0.05) is 151 Å². The molecule has 0 saturated carbocycles. The van der Waals surface area contributed by atoms with Crippen molar-refractivity contribution in [1.82, 2.24) is 0 Å². The Kier molecular flexibility index (Phi) is 35.5. The Morgan fingerprint density at radius 1 is 0.515 bits per heavy atom. The largest absolute Gasteiger partial charge is 0.457 e. The maximum atomic E-state index is 13.0. The second-order valence-electron chi connectivity index (χ2n) is 17.3. The van der Waals surface area contributed by atoms with Crippen LogP contribution in [0.25, 0.3) is 0 Å². The highest BCUT2D eigenvalue weighted by Crippen LogP contribution is 2.26. The summed E-state index contributed by atoms with van der Waals surface area (Å²) >= 11 is 0. The van der Waals surface area contributed by atoms with Gasteiger partial charge in [-0.15, -0.1) is 0 Å². The van der Waals surface area contributed by atoms with Crippen molar-refractivity contribution in [3.8, 4) is 0 Å². The Labute approximate surface area is 396 Å². The van der Waals surface area contributed by atoms with E-state index in [0.29, 0.717) is 13.0 Å². The molecule has 11 atom stereocenters. The predicted molar refractivity (Wildman–Crippen MR) is 256 cm³/mol. The molecule has 0 aromatic rings. The number of aliphatic hydroxyl groups is 7. The smallest absolute Gasteiger partial charge is 0.306 e. The van der Waals surface area contributed by atoms with Crippen LogP contribution in [0.3, 0.4) is 0 Å². The van der Waals surface area contributed by atoms with Gasteiger partial charge >= 0.3 is 5.97 Å². The first-order chi connectivity index (χ1) is 32.1. The van der Waals surface area contributed by atoms with Gasteiger partial charge in [0.25, 0.3) is 0 Å². The fourth-order valence-corrected chi connectivity index (χ4v) is 7.40. The summed E-state index contributed by atoms with van der Waals surface area (Å²) in [5, 5.41) is 71.9. The summed E-state index contributed by atoms with van der Waals surface area (Å²) in [6.07, 6.45) is 31.3. The van der Waals surface area contributed by atoms with Crippen LogP contribution in [0.2, 0.25) is 0 Å². The first-order valence-electron chi connectivity index (χ1n) is 25.0. The zero-order valence-electron chi connectivity index (χ0n) is 40.2. The van der Waals surface area contributed by atoms with Crippen LogP contribution in [0.5, 0.6) is 0 Å². The summed E-state index contributed by atoms with van der Waals surface area (Å²) in [4.78, 5) is 13.0. The van der Waals surface area contributed by atoms with Crippen molar-refractivity contribution in [1.29, 1.82) is 0 Å². The number of esters is 1. The lowest BCUT2D eigenvalue weighted by Crippen LogP contribution is -2.61. The first-order valence-corrected chi connectivity index (χ1v) is 25.0. The molecule has 2 saturated heterocycles. The number of rotatable bonds is 38. The van der Waals surface area contributed by atoms with Gasteiger partial charge in [-0.25, -0.2) is 0 Å².